The Hall–Kier alpha value is -1.03. The van der Waals surface area contributed by atoms with Crippen molar-refractivity contribution >= 4 is 52.4 Å². The molecule has 0 amide bonds. The summed E-state index contributed by atoms with van der Waals surface area (Å²) in [7, 11) is 3.54. The maximum Gasteiger partial charge on any atom is 0.193 e. The van der Waals surface area contributed by atoms with Crippen LogP contribution in [0.2, 0.25) is 5.02 Å². The molecule has 28 heavy (non-hydrogen) atoms. The minimum Gasteiger partial charge on any atom is -0.382 e. The lowest BCUT2D eigenvalue weighted by Gasteiger charge is -2.21. The average Bonchev–Trinajstić information content (AvgIpc) is 3.29. The Morgan fingerprint density at radius 3 is 3.04 bits per heavy atom. The third-order valence-corrected chi connectivity index (χ3v) is 5.22. The molecule has 1 aliphatic rings. The molecule has 2 aromatic rings. The molecular formula is C20H30ClIN4O2. The zero-order valence-electron chi connectivity index (χ0n) is 16.5. The summed E-state index contributed by atoms with van der Waals surface area (Å²) in [4.78, 5) is 10.1. The molecule has 1 aromatic heterocycles. The number of nitrogens with one attached hydrogen (secondary N) is 2. The molecule has 0 aliphatic carbocycles. The van der Waals surface area contributed by atoms with E-state index >= 15 is 0 Å². The van der Waals surface area contributed by atoms with Gasteiger partial charge >= 0.3 is 0 Å². The number of hydrogen-bond donors (Lipinski definition) is 2. The van der Waals surface area contributed by atoms with Gasteiger partial charge in [0.25, 0.3) is 0 Å². The summed E-state index contributed by atoms with van der Waals surface area (Å²) in [6.45, 7) is 4.92. The van der Waals surface area contributed by atoms with Crippen molar-refractivity contribution in [3.8, 4) is 0 Å². The molecule has 1 aromatic carbocycles. The number of benzene rings is 1. The van der Waals surface area contributed by atoms with E-state index in [4.69, 9.17) is 21.1 Å². The average molecular weight is 521 g/mol. The van der Waals surface area contributed by atoms with E-state index in [0.717, 1.165) is 55.6 Å². The molecule has 2 N–H and O–H groups in total. The maximum absolute atomic E-state index is 6.14. The number of aromatic nitrogens is 1. The summed E-state index contributed by atoms with van der Waals surface area (Å²) >= 11 is 6.14. The number of hydrogen-bond acceptors (Lipinski definition) is 3. The summed E-state index contributed by atoms with van der Waals surface area (Å²) in [6, 6.07) is 5.95. The van der Waals surface area contributed by atoms with Gasteiger partial charge in [0.15, 0.2) is 5.96 Å². The minimum absolute atomic E-state index is 0. The normalized spacial score (nSPS) is 17.2. The third kappa shape index (κ3) is 6.23. The van der Waals surface area contributed by atoms with Gasteiger partial charge in [0.2, 0.25) is 0 Å². The molecule has 8 heteroatoms. The number of fused-ring (bicyclic) bond motifs is 1. The SMILES string of the molecule is CN=C(NCCc1c[nH]c2ccc(Cl)cc12)N1CCC(COCCOC)C1.I. The van der Waals surface area contributed by atoms with E-state index in [1.807, 2.05) is 25.2 Å². The number of nitrogens with zero attached hydrogens (tertiary/aromatic N) is 2. The monoisotopic (exact) mass is 520 g/mol. The highest BCUT2D eigenvalue weighted by atomic mass is 127. The predicted octanol–water partition coefficient (Wildman–Crippen LogP) is 3.54. The summed E-state index contributed by atoms with van der Waals surface area (Å²) < 4.78 is 10.7. The fourth-order valence-electron chi connectivity index (χ4n) is 3.55. The van der Waals surface area contributed by atoms with E-state index in [1.165, 1.54) is 10.9 Å². The summed E-state index contributed by atoms with van der Waals surface area (Å²) in [5.74, 6) is 1.52. The molecule has 2 heterocycles. The fraction of sp³-hybridized carbons (Fsp3) is 0.550. The number of H-pyrrole nitrogens is 1. The Kier molecular flexibility index (Phi) is 9.84. The first-order chi connectivity index (χ1) is 13.2. The highest BCUT2D eigenvalue weighted by Crippen LogP contribution is 2.22. The molecule has 156 valence electrons. The van der Waals surface area contributed by atoms with Crippen LogP contribution in [-0.2, 0) is 15.9 Å². The van der Waals surface area contributed by atoms with Crippen molar-refractivity contribution < 1.29 is 9.47 Å². The Labute approximate surface area is 189 Å². The van der Waals surface area contributed by atoms with Gasteiger partial charge in [-0.15, -0.1) is 24.0 Å². The minimum atomic E-state index is 0. The molecule has 6 nitrogen and oxygen atoms in total. The summed E-state index contributed by atoms with van der Waals surface area (Å²) in [6.07, 6.45) is 4.11. The van der Waals surface area contributed by atoms with Crippen LogP contribution in [0.15, 0.2) is 29.4 Å². The molecule has 0 radical (unpaired) electrons. The lowest BCUT2D eigenvalue weighted by atomic mass is 10.1. The fourth-order valence-corrected chi connectivity index (χ4v) is 3.72. The number of likely N-dealkylation sites (tertiary alicyclic amines) is 1. The van der Waals surface area contributed by atoms with Gasteiger partial charge in [-0.2, -0.15) is 0 Å². The van der Waals surface area contributed by atoms with E-state index in [1.54, 1.807) is 7.11 Å². The van der Waals surface area contributed by atoms with Gasteiger partial charge < -0.3 is 24.7 Å². The zero-order valence-corrected chi connectivity index (χ0v) is 19.6. The Morgan fingerprint density at radius 2 is 2.25 bits per heavy atom. The van der Waals surface area contributed by atoms with Crippen LogP contribution in [0.5, 0.6) is 0 Å². The molecule has 0 spiro atoms. The second kappa shape index (κ2) is 11.8. The van der Waals surface area contributed by atoms with E-state index in [-0.39, 0.29) is 24.0 Å². The Bertz CT molecular complexity index is 768. The number of aliphatic imine (C=N–C) groups is 1. The smallest absolute Gasteiger partial charge is 0.193 e. The lowest BCUT2D eigenvalue weighted by molar-refractivity contribution is 0.0536. The molecule has 1 saturated heterocycles. The van der Waals surface area contributed by atoms with Crippen LogP contribution >= 0.6 is 35.6 Å². The Morgan fingerprint density at radius 1 is 1.39 bits per heavy atom. The first-order valence-electron chi connectivity index (χ1n) is 9.49. The van der Waals surface area contributed by atoms with Crippen LogP contribution in [0, 0.1) is 5.92 Å². The predicted molar refractivity (Wildman–Crippen MR) is 126 cm³/mol. The van der Waals surface area contributed by atoms with Crippen LogP contribution in [0.4, 0.5) is 0 Å². The summed E-state index contributed by atoms with van der Waals surface area (Å²) in [5.41, 5.74) is 2.39. The van der Waals surface area contributed by atoms with Gasteiger partial charge in [-0.05, 0) is 36.6 Å². The van der Waals surface area contributed by atoms with Crippen LogP contribution in [0.25, 0.3) is 10.9 Å². The van der Waals surface area contributed by atoms with E-state index in [2.05, 4.69) is 26.4 Å². The van der Waals surface area contributed by atoms with E-state index in [9.17, 15) is 0 Å². The summed E-state index contributed by atoms with van der Waals surface area (Å²) in [5, 5.41) is 5.45. The molecular weight excluding hydrogens is 491 g/mol. The highest BCUT2D eigenvalue weighted by Gasteiger charge is 2.24. The molecule has 0 saturated carbocycles. The van der Waals surface area contributed by atoms with E-state index < -0.39 is 0 Å². The van der Waals surface area contributed by atoms with Gasteiger partial charge in [0, 0.05) is 61.8 Å². The van der Waals surface area contributed by atoms with E-state index in [0.29, 0.717) is 19.1 Å². The quantitative estimate of drug-likeness (QED) is 0.242. The topological polar surface area (TPSA) is 61.9 Å². The number of aromatic amines is 1. The Balaban J connectivity index is 0.00000280. The van der Waals surface area contributed by atoms with Crippen molar-refractivity contribution in [3.05, 3.63) is 35.0 Å². The molecule has 3 rings (SSSR count). The second-order valence-corrected chi connectivity index (χ2v) is 7.33. The van der Waals surface area contributed by atoms with Crippen LogP contribution in [0.3, 0.4) is 0 Å². The van der Waals surface area contributed by atoms with Gasteiger partial charge in [-0.25, -0.2) is 0 Å². The molecule has 1 unspecified atom stereocenters. The van der Waals surface area contributed by atoms with Gasteiger partial charge in [0.1, 0.15) is 0 Å². The number of rotatable bonds is 8. The number of ether oxygens (including phenoxy) is 2. The molecule has 0 bridgehead atoms. The van der Waals surface area contributed by atoms with Crippen molar-refractivity contribution in [3.63, 3.8) is 0 Å². The van der Waals surface area contributed by atoms with Crippen LogP contribution in [0.1, 0.15) is 12.0 Å². The van der Waals surface area contributed by atoms with Gasteiger partial charge in [-0.1, -0.05) is 11.6 Å². The second-order valence-electron chi connectivity index (χ2n) is 6.90. The zero-order chi connectivity index (χ0) is 19.1. The van der Waals surface area contributed by atoms with Crippen molar-refractivity contribution in [2.24, 2.45) is 10.9 Å². The maximum atomic E-state index is 6.14. The van der Waals surface area contributed by atoms with Crippen molar-refractivity contribution in [1.29, 1.82) is 0 Å². The number of methoxy groups -OCH3 is 1. The molecule has 1 fully saturated rings. The third-order valence-electron chi connectivity index (χ3n) is 4.99. The first-order valence-corrected chi connectivity index (χ1v) is 9.87. The van der Waals surface area contributed by atoms with Crippen molar-refractivity contribution in [1.82, 2.24) is 15.2 Å². The van der Waals surface area contributed by atoms with Crippen LogP contribution < -0.4 is 5.32 Å². The number of halogens is 2. The van der Waals surface area contributed by atoms with Crippen molar-refractivity contribution in [2.45, 2.75) is 12.8 Å². The molecule has 1 atom stereocenters. The van der Waals surface area contributed by atoms with Gasteiger partial charge in [0.05, 0.1) is 19.8 Å². The number of guanidine groups is 1. The largest absolute Gasteiger partial charge is 0.382 e. The van der Waals surface area contributed by atoms with Crippen molar-refractivity contribution in [2.75, 3.05) is 53.6 Å². The molecule has 1 aliphatic heterocycles. The van der Waals surface area contributed by atoms with Gasteiger partial charge in [-0.3, -0.25) is 4.99 Å². The standard InChI is InChI=1S/C20H29ClN4O2.HI/c1-22-20(25-8-6-15(13-25)14-27-10-9-26-2)23-7-5-16-12-24-19-4-3-17(21)11-18(16)19;/h3-4,11-12,15,24H,5-10,13-14H2,1-2H3,(H,22,23);1H. The van der Waals surface area contributed by atoms with Crippen LogP contribution in [-0.4, -0.2) is 69.5 Å². The first kappa shape index (κ1) is 23.3. The highest BCUT2D eigenvalue weighted by molar-refractivity contribution is 14.0. The lowest BCUT2D eigenvalue weighted by Crippen LogP contribution is -2.41.